The van der Waals surface area contributed by atoms with Crippen molar-refractivity contribution in [2.24, 2.45) is 0 Å². The predicted molar refractivity (Wildman–Crippen MR) is 97.7 cm³/mol. The molecule has 0 aliphatic carbocycles. The van der Waals surface area contributed by atoms with Crippen molar-refractivity contribution < 1.29 is 36.5 Å². The van der Waals surface area contributed by atoms with Crippen molar-refractivity contribution >= 4 is 21.6 Å². The first kappa shape index (κ1) is 22.3. The highest BCUT2D eigenvalue weighted by molar-refractivity contribution is 7.89. The summed E-state index contributed by atoms with van der Waals surface area (Å²) in [6, 6.07) is 6.60. The first-order chi connectivity index (χ1) is 14.0. The summed E-state index contributed by atoms with van der Waals surface area (Å²) in [5.74, 6) is -5.70. The number of hydrogen-bond acceptors (Lipinski definition) is 6. The minimum Gasteiger partial charge on any atom is -0.483 e. The summed E-state index contributed by atoms with van der Waals surface area (Å²) in [7, 11) is -4.36. The van der Waals surface area contributed by atoms with Gasteiger partial charge in [0.25, 0.3) is 0 Å². The van der Waals surface area contributed by atoms with E-state index in [9.17, 15) is 37.1 Å². The van der Waals surface area contributed by atoms with Gasteiger partial charge in [0.05, 0.1) is 18.7 Å². The molecule has 160 valence electrons. The second kappa shape index (κ2) is 8.05. The molecule has 2 N–H and O–H groups in total. The maximum Gasteiger partial charge on any atom is 0.244 e. The smallest absolute Gasteiger partial charge is 0.244 e. The fraction of sp³-hybridized carbons (Fsp3) is 0.278. The molecule has 1 fully saturated rings. The molecule has 1 aliphatic rings. The zero-order valence-corrected chi connectivity index (χ0v) is 16.6. The van der Waals surface area contributed by atoms with E-state index in [0.29, 0.717) is 6.07 Å². The number of ether oxygens (including phenoxy) is 1. The summed E-state index contributed by atoms with van der Waals surface area (Å²) in [6.07, 6.45) is -1.52. The van der Waals surface area contributed by atoms with Crippen LogP contribution in [0.1, 0.15) is 5.56 Å². The van der Waals surface area contributed by atoms with Crippen molar-refractivity contribution in [2.75, 3.05) is 19.7 Å². The molecule has 0 amide bonds. The Bertz CT molecular complexity index is 1140. The summed E-state index contributed by atoms with van der Waals surface area (Å²) in [4.78, 5) is -0.394. The summed E-state index contributed by atoms with van der Waals surface area (Å²) < 4.78 is 72.4. The Morgan fingerprint density at radius 3 is 2.60 bits per heavy atom. The topological polar surface area (TPSA) is 111 Å². The van der Waals surface area contributed by atoms with Crippen LogP contribution < -0.4 is 4.74 Å². The minimum atomic E-state index is -4.36. The molecular weight excluding hydrogens is 449 g/mol. The van der Waals surface area contributed by atoms with Crippen LogP contribution in [0, 0.1) is 28.8 Å². The van der Waals surface area contributed by atoms with Gasteiger partial charge in [-0.2, -0.15) is 14.0 Å². The third-order valence-corrected chi connectivity index (χ3v) is 6.75. The van der Waals surface area contributed by atoms with Crippen molar-refractivity contribution in [3.05, 3.63) is 58.4 Å². The van der Waals surface area contributed by atoms with Gasteiger partial charge in [-0.15, -0.1) is 0 Å². The molecule has 1 aliphatic heterocycles. The maximum atomic E-state index is 13.9. The van der Waals surface area contributed by atoms with Crippen LogP contribution in [-0.2, 0) is 10.0 Å². The Morgan fingerprint density at radius 1 is 1.27 bits per heavy atom. The van der Waals surface area contributed by atoms with Crippen molar-refractivity contribution in [3.8, 4) is 11.8 Å². The highest BCUT2D eigenvalue weighted by Gasteiger charge is 2.51. The Morgan fingerprint density at radius 2 is 1.97 bits per heavy atom. The molecule has 2 atom stereocenters. The Balaban J connectivity index is 1.95. The van der Waals surface area contributed by atoms with Gasteiger partial charge in [-0.1, -0.05) is 11.6 Å². The standard InChI is InChI=1S/C18H14ClF3N2O5S/c19-11-1-4-14(10(5-11)6-23)30(27,28)24-7-15(18(26,8-24)9-25)29-13-3-2-12(20)16(21)17(13)22/h1-5,15,25-26H,7-9H2/t15?,18-/m1/s1. The quantitative estimate of drug-likeness (QED) is 0.656. The molecule has 2 aromatic rings. The lowest BCUT2D eigenvalue weighted by Crippen LogP contribution is -2.48. The molecule has 0 radical (unpaired) electrons. The van der Waals surface area contributed by atoms with Gasteiger partial charge < -0.3 is 14.9 Å². The monoisotopic (exact) mass is 462 g/mol. The molecular formula is C18H14ClF3N2O5S. The molecule has 2 aromatic carbocycles. The second-order valence-corrected chi connectivity index (χ2v) is 8.93. The lowest BCUT2D eigenvalue weighted by atomic mass is 10.0. The second-order valence-electron chi connectivity index (χ2n) is 6.59. The van der Waals surface area contributed by atoms with Gasteiger partial charge in [-0.3, -0.25) is 0 Å². The SMILES string of the molecule is N#Cc1cc(Cl)ccc1S(=O)(=O)N1CC(Oc2ccc(F)c(F)c2F)[C@](O)(CO)C1. The van der Waals surface area contributed by atoms with Crippen molar-refractivity contribution in [1.82, 2.24) is 4.31 Å². The molecule has 12 heteroatoms. The molecule has 3 rings (SSSR count). The van der Waals surface area contributed by atoms with E-state index in [0.717, 1.165) is 22.5 Å². The average Bonchev–Trinajstić information content (AvgIpc) is 3.05. The average molecular weight is 463 g/mol. The zero-order chi connectivity index (χ0) is 22.3. The number of nitrogens with zero attached hydrogens (tertiary/aromatic N) is 2. The largest absolute Gasteiger partial charge is 0.483 e. The number of rotatable bonds is 5. The van der Waals surface area contributed by atoms with Crippen LogP contribution in [0.2, 0.25) is 5.02 Å². The molecule has 0 bridgehead atoms. The number of aliphatic hydroxyl groups excluding tert-OH is 1. The lowest BCUT2D eigenvalue weighted by Gasteiger charge is -2.27. The number of sulfonamides is 1. The number of nitriles is 1. The van der Waals surface area contributed by atoms with Crippen molar-refractivity contribution in [3.63, 3.8) is 0 Å². The Kier molecular flexibility index (Phi) is 5.99. The molecule has 0 aromatic heterocycles. The van der Waals surface area contributed by atoms with Gasteiger partial charge in [0.2, 0.25) is 15.8 Å². The van der Waals surface area contributed by atoms with Gasteiger partial charge in [0.1, 0.15) is 22.7 Å². The van der Waals surface area contributed by atoms with Crippen LogP contribution in [-0.4, -0.2) is 54.3 Å². The lowest BCUT2D eigenvalue weighted by molar-refractivity contribution is -0.0651. The summed E-state index contributed by atoms with van der Waals surface area (Å²) in [5.41, 5.74) is -2.42. The van der Waals surface area contributed by atoms with Crippen LogP contribution >= 0.6 is 11.6 Å². The summed E-state index contributed by atoms with van der Waals surface area (Å²) in [5, 5.41) is 29.6. The minimum absolute atomic E-state index is 0.133. The van der Waals surface area contributed by atoms with Crippen LogP contribution in [0.15, 0.2) is 35.2 Å². The van der Waals surface area contributed by atoms with Crippen LogP contribution in [0.5, 0.6) is 5.75 Å². The van der Waals surface area contributed by atoms with Crippen molar-refractivity contribution in [2.45, 2.75) is 16.6 Å². The number of aliphatic hydroxyl groups is 2. The summed E-state index contributed by atoms with van der Waals surface area (Å²) in [6.45, 7) is -2.19. The molecule has 7 nitrogen and oxygen atoms in total. The molecule has 1 saturated heterocycles. The molecule has 30 heavy (non-hydrogen) atoms. The first-order valence-electron chi connectivity index (χ1n) is 8.36. The third-order valence-electron chi connectivity index (χ3n) is 4.64. The number of β-amino-alcohol motifs (C(OH)–C–C–N with tert-alkyl or cyclic N) is 1. The maximum absolute atomic E-state index is 13.9. The van der Waals surface area contributed by atoms with Crippen LogP contribution in [0.4, 0.5) is 13.2 Å². The number of halogens is 4. The van der Waals surface area contributed by atoms with E-state index in [-0.39, 0.29) is 10.6 Å². The van der Waals surface area contributed by atoms with E-state index in [1.165, 1.54) is 6.07 Å². The molecule has 1 unspecified atom stereocenters. The molecule has 1 heterocycles. The molecule has 0 saturated carbocycles. The Labute approximate surface area is 174 Å². The third kappa shape index (κ3) is 3.84. The van der Waals surface area contributed by atoms with Crippen LogP contribution in [0.3, 0.4) is 0 Å². The van der Waals surface area contributed by atoms with Gasteiger partial charge >= 0.3 is 0 Å². The van der Waals surface area contributed by atoms with Gasteiger partial charge in [0, 0.05) is 11.6 Å². The van der Waals surface area contributed by atoms with Gasteiger partial charge in [0.15, 0.2) is 17.4 Å². The summed E-state index contributed by atoms with van der Waals surface area (Å²) >= 11 is 5.78. The van der Waals surface area contributed by atoms with Gasteiger partial charge in [-0.25, -0.2) is 17.2 Å². The highest BCUT2D eigenvalue weighted by Crippen LogP contribution is 2.33. The number of benzene rings is 2. The van der Waals surface area contributed by atoms with E-state index in [1.807, 2.05) is 0 Å². The normalized spacial score (nSPS) is 22.1. The zero-order valence-electron chi connectivity index (χ0n) is 15.0. The van der Waals surface area contributed by atoms with E-state index >= 15 is 0 Å². The van der Waals surface area contributed by atoms with E-state index in [4.69, 9.17) is 16.3 Å². The first-order valence-corrected chi connectivity index (χ1v) is 10.2. The fourth-order valence-electron chi connectivity index (χ4n) is 3.01. The van der Waals surface area contributed by atoms with E-state index in [2.05, 4.69) is 0 Å². The van der Waals surface area contributed by atoms with Crippen LogP contribution in [0.25, 0.3) is 0 Å². The van der Waals surface area contributed by atoms with E-state index < -0.39 is 69.5 Å². The van der Waals surface area contributed by atoms with Gasteiger partial charge in [-0.05, 0) is 30.3 Å². The van der Waals surface area contributed by atoms with Crippen molar-refractivity contribution in [1.29, 1.82) is 5.26 Å². The predicted octanol–water partition coefficient (Wildman–Crippen LogP) is 1.80. The number of hydrogen-bond donors (Lipinski definition) is 2. The Hall–Kier alpha value is -2.36. The van der Waals surface area contributed by atoms with E-state index in [1.54, 1.807) is 6.07 Å². The highest BCUT2D eigenvalue weighted by atomic mass is 35.5. The molecule has 0 spiro atoms. The fourth-order valence-corrected chi connectivity index (χ4v) is 4.81.